The van der Waals surface area contributed by atoms with Gasteiger partial charge in [0.05, 0.1) is 0 Å². The number of piperazine rings is 1. The van der Waals surface area contributed by atoms with Gasteiger partial charge in [0.2, 0.25) is 0 Å². The molecule has 1 aliphatic heterocycles. The SMILES string of the molecule is CC(C)(CN)N1CCN(C(=O)C(F)(F)C(F)F)CC1. The van der Waals surface area contributed by atoms with Crippen LogP contribution in [0.1, 0.15) is 13.8 Å². The number of carbonyl (C=O) groups is 1. The van der Waals surface area contributed by atoms with Crippen molar-refractivity contribution in [2.75, 3.05) is 32.7 Å². The molecule has 19 heavy (non-hydrogen) atoms. The van der Waals surface area contributed by atoms with E-state index in [2.05, 4.69) is 0 Å². The molecule has 0 bridgehead atoms. The standard InChI is InChI=1S/C11H19F4N3O/c1-10(2,7-16)18-5-3-17(4-6-18)9(19)11(14,15)8(12)13/h8H,3-7,16H2,1-2H3. The molecule has 1 rings (SSSR count). The van der Waals surface area contributed by atoms with E-state index in [1.165, 1.54) is 0 Å². The highest BCUT2D eigenvalue weighted by Crippen LogP contribution is 2.26. The van der Waals surface area contributed by atoms with Crippen LogP contribution in [0.5, 0.6) is 0 Å². The lowest BCUT2D eigenvalue weighted by Gasteiger charge is -2.43. The van der Waals surface area contributed by atoms with Gasteiger partial charge >= 0.3 is 12.3 Å². The van der Waals surface area contributed by atoms with Crippen molar-refractivity contribution in [1.29, 1.82) is 0 Å². The molecule has 0 atom stereocenters. The van der Waals surface area contributed by atoms with Gasteiger partial charge in [0.1, 0.15) is 0 Å². The summed E-state index contributed by atoms with van der Waals surface area (Å²) >= 11 is 0. The van der Waals surface area contributed by atoms with Crippen LogP contribution >= 0.6 is 0 Å². The van der Waals surface area contributed by atoms with Crippen molar-refractivity contribution in [2.24, 2.45) is 5.73 Å². The molecule has 0 unspecified atom stereocenters. The lowest BCUT2D eigenvalue weighted by molar-refractivity contribution is -0.182. The second kappa shape index (κ2) is 5.62. The summed E-state index contributed by atoms with van der Waals surface area (Å²) in [7, 11) is 0. The Balaban J connectivity index is 2.62. The summed E-state index contributed by atoms with van der Waals surface area (Å²) in [4.78, 5) is 14.1. The molecule has 4 nitrogen and oxygen atoms in total. The highest BCUT2D eigenvalue weighted by molar-refractivity contribution is 5.84. The molecule has 1 amide bonds. The minimum atomic E-state index is -4.61. The van der Waals surface area contributed by atoms with Gasteiger partial charge in [-0.15, -0.1) is 0 Å². The van der Waals surface area contributed by atoms with Crippen LogP contribution in [0.2, 0.25) is 0 Å². The van der Waals surface area contributed by atoms with E-state index in [-0.39, 0.29) is 18.6 Å². The van der Waals surface area contributed by atoms with E-state index in [1.54, 1.807) is 0 Å². The molecule has 8 heteroatoms. The summed E-state index contributed by atoms with van der Waals surface area (Å²) in [6, 6.07) is 0. The number of amides is 1. The maximum Gasteiger partial charge on any atom is 0.383 e. The molecular formula is C11H19F4N3O. The van der Waals surface area contributed by atoms with Crippen molar-refractivity contribution in [1.82, 2.24) is 9.80 Å². The molecular weight excluding hydrogens is 266 g/mol. The first-order valence-electron chi connectivity index (χ1n) is 6.03. The summed E-state index contributed by atoms with van der Waals surface area (Å²) in [6.45, 7) is 4.88. The molecule has 1 fully saturated rings. The lowest BCUT2D eigenvalue weighted by Crippen LogP contribution is -2.60. The summed E-state index contributed by atoms with van der Waals surface area (Å²) in [5.41, 5.74) is 5.29. The fourth-order valence-corrected chi connectivity index (χ4v) is 1.95. The average molecular weight is 285 g/mol. The number of rotatable bonds is 4. The monoisotopic (exact) mass is 285 g/mol. The number of hydrogen-bond donors (Lipinski definition) is 1. The first kappa shape index (κ1) is 16.2. The largest absolute Gasteiger partial charge is 0.383 e. The van der Waals surface area contributed by atoms with Gasteiger partial charge in [0.25, 0.3) is 5.91 Å². The molecule has 0 aromatic heterocycles. The normalized spacial score (nSPS) is 19.1. The molecule has 0 aliphatic carbocycles. The number of nitrogens with two attached hydrogens (primary N) is 1. The number of nitrogens with zero attached hydrogens (tertiary/aromatic N) is 2. The molecule has 0 spiro atoms. The Morgan fingerprint density at radius 1 is 1.21 bits per heavy atom. The van der Waals surface area contributed by atoms with Gasteiger partial charge in [-0.2, -0.15) is 8.78 Å². The van der Waals surface area contributed by atoms with Crippen molar-refractivity contribution < 1.29 is 22.4 Å². The smallest absolute Gasteiger partial charge is 0.335 e. The average Bonchev–Trinajstić information content (AvgIpc) is 2.37. The quantitative estimate of drug-likeness (QED) is 0.776. The van der Waals surface area contributed by atoms with Gasteiger partial charge in [-0.25, -0.2) is 8.78 Å². The van der Waals surface area contributed by atoms with Crippen molar-refractivity contribution >= 4 is 5.91 Å². The van der Waals surface area contributed by atoms with Crippen LogP contribution < -0.4 is 5.73 Å². The first-order valence-corrected chi connectivity index (χ1v) is 6.03. The van der Waals surface area contributed by atoms with Gasteiger partial charge in [0, 0.05) is 38.3 Å². The predicted molar refractivity (Wildman–Crippen MR) is 62.2 cm³/mol. The fraction of sp³-hybridized carbons (Fsp3) is 0.909. The molecule has 0 aromatic carbocycles. The van der Waals surface area contributed by atoms with Gasteiger partial charge < -0.3 is 10.6 Å². The molecule has 1 aliphatic rings. The fourth-order valence-electron chi connectivity index (χ4n) is 1.95. The van der Waals surface area contributed by atoms with Gasteiger partial charge in [-0.1, -0.05) is 0 Å². The molecule has 1 saturated heterocycles. The third-order valence-corrected chi connectivity index (χ3v) is 3.48. The maximum atomic E-state index is 12.9. The van der Waals surface area contributed by atoms with Crippen molar-refractivity contribution in [2.45, 2.75) is 31.7 Å². The number of halogens is 4. The Hall–Kier alpha value is -0.890. The van der Waals surface area contributed by atoms with Crippen LogP contribution in [-0.4, -0.2) is 66.3 Å². The zero-order chi connectivity index (χ0) is 14.8. The number of carbonyl (C=O) groups excluding carboxylic acids is 1. The van der Waals surface area contributed by atoms with Crippen LogP contribution in [0.4, 0.5) is 17.6 Å². The Morgan fingerprint density at radius 3 is 2.05 bits per heavy atom. The van der Waals surface area contributed by atoms with E-state index in [0.29, 0.717) is 19.6 Å². The Bertz CT molecular complexity index is 328. The van der Waals surface area contributed by atoms with Crippen LogP contribution in [0.25, 0.3) is 0 Å². The van der Waals surface area contributed by atoms with Gasteiger partial charge in [-0.3, -0.25) is 9.69 Å². The summed E-state index contributed by atoms with van der Waals surface area (Å²) < 4.78 is 50.1. The molecule has 0 saturated carbocycles. The minimum absolute atomic E-state index is 0.00454. The Morgan fingerprint density at radius 2 is 1.68 bits per heavy atom. The summed E-state index contributed by atoms with van der Waals surface area (Å²) in [5, 5.41) is 0. The van der Waals surface area contributed by atoms with Gasteiger partial charge in [-0.05, 0) is 13.8 Å². The van der Waals surface area contributed by atoms with Crippen molar-refractivity contribution in [3.63, 3.8) is 0 Å². The van der Waals surface area contributed by atoms with E-state index < -0.39 is 18.3 Å². The predicted octanol–water partition coefficient (Wildman–Crippen LogP) is 0.768. The lowest BCUT2D eigenvalue weighted by atomic mass is 10.0. The van der Waals surface area contributed by atoms with Crippen LogP contribution in [0, 0.1) is 0 Å². The topological polar surface area (TPSA) is 49.6 Å². The summed E-state index contributed by atoms with van der Waals surface area (Å²) in [5.74, 6) is -6.40. The van der Waals surface area contributed by atoms with E-state index in [1.807, 2.05) is 18.7 Å². The molecule has 0 aromatic rings. The van der Waals surface area contributed by atoms with Gasteiger partial charge in [0.15, 0.2) is 0 Å². The van der Waals surface area contributed by atoms with Crippen LogP contribution in [-0.2, 0) is 4.79 Å². The molecule has 2 N–H and O–H groups in total. The van der Waals surface area contributed by atoms with E-state index in [0.717, 1.165) is 4.90 Å². The van der Waals surface area contributed by atoms with Crippen molar-refractivity contribution in [3.8, 4) is 0 Å². The Labute approximate surface area is 109 Å². The summed E-state index contributed by atoms with van der Waals surface area (Å²) in [6.07, 6.45) is -3.97. The second-order valence-electron chi connectivity index (χ2n) is 5.22. The number of hydrogen-bond acceptors (Lipinski definition) is 3. The third kappa shape index (κ3) is 3.36. The third-order valence-electron chi connectivity index (χ3n) is 3.48. The minimum Gasteiger partial charge on any atom is -0.335 e. The van der Waals surface area contributed by atoms with Crippen LogP contribution in [0.3, 0.4) is 0 Å². The number of alkyl halides is 4. The highest BCUT2D eigenvalue weighted by Gasteiger charge is 2.51. The zero-order valence-electron chi connectivity index (χ0n) is 11.0. The maximum absolute atomic E-state index is 12.9. The molecule has 0 radical (unpaired) electrons. The van der Waals surface area contributed by atoms with E-state index in [4.69, 9.17) is 5.73 Å². The first-order chi connectivity index (χ1) is 8.63. The zero-order valence-corrected chi connectivity index (χ0v) is 11.0. The molecule has 1 heterocycles. The van der Waals surface area contributed by atoms with E-state index in [9.17, 15) is 22.4 Å². The second-order valence-corrected chi connectivity index (χ2v) is 5.22. The van der Waals surface area contributed by atoms with E-state index >= 15 is 0 Å². The highest BCUT2D eigenvalue weighted by atomic mass is 19.3. The van der Waals surface area contributed by atoms with Crippen molar-refractivity contribution in [3.05, 3.63) is 0 Å². The Kier molecular flexibility index (Phi) is 4.78. The van der Waals surface area contributed by atoms with Crippen LogP contribution in [0.15, 0.2) is 0 Å². The molecule has 112 valence electrons.